The zero-order valence-corrected chi connectivity index (χ0v) is 13.5. The molecular weight excluding hydrogens is 286 g/mol. The molecule has 22 heavy (non-hydrogen) atoms. The number of hydrogen-bond donors (Lipinski definition) is 0. The average molecular weight is 306 g/mol. The Morgan fingerprint density at radius 3 is 2.32 bits per heavy atom. The summed E-state index contributed by atoms with van der Waals surface area (Å²) in [6.45, 7) is 7.77. The van der Waals surface area contributed by atoms with Crippen LogP contribution in [0.25, 0.3) is 6.08 Å². The summed E-state index contributed by atoms with van der Waals surface area (Å²) >= 11 is 0. The van der Waals surface area contributed by atoms with Gasteiger partial charge in [-0.25, -0.2) is 9.18 Å². The van der Waals surface area contributed by atoms with Gasteiger partial charge in [0.1, 0.15) is 5.82 Å². The Morgan fingerprint density at radius 2 is 1.82 bits per heavy atom. The topological polar surface area (TPSA) is 44.8 Å². The summed E-state index contributed by atoms with van der Waals surface area (Å²) in [5.74, 6) is -0.984. The minimum atomic E-state index is -0.613. The van der Waals surface area contributed by atoms with Crippen molar-refractivity contribution in [3.05, 3.63) is 35.7 Å². The molecule has 0 unspecified atom stereocenters. The summed E-state index contributed by atoms with van der Waals surface area (Å²) in [5.41, 5.74) is -0.0492. The Balaban J connectivity index is 2.21. The van der Waals surface area contributed by atoms with Gasteiger partial charge >= 0.3 is 13.1 Å². The van der Waals surface area contributed by atoms with Crippen LogP contribution in [-0.4, -0.2) is 31.4 Å². The van der Waals surface area contributed by atoms with E-state index in [2.05, 4.69) is 4.74 Å². The quantitative estimate of drug-likeness (QED) is 0.488. The molecule has 1 aromatic rings. The second-order valence-electron chi connectivity index (χ2n) is 6.23. The number of benzene rings is 1. The first kappa shape index (κ1) is 16.7. The molecule has 0 spiro atoms. The highest BCUT2D eigenvalue weighted by atomic mass is 19.1. The fraction of sp³-hybridized carbons (Fsp3) is 0.438. The fourth-order valence-electron chi connectivity index (χ4n) is 2.03. The Labute approximate surface area is 130 Å². The highest BCUT2D eigenvalue weighted by Gasteiger charge is 2.51. The summed E-state index contributed by atoms with van der Waals surface area (Å²) in [4.78, 5) is 11.0. The zero-order valence-electron chi connectivity index (χ0n) is 13.5. The molecule has 1 aromatic carbocycles. The van der Waals surface area contributed by atoms with Crippen molar-refractivity contribution in [3.63, 3.8) is 0 Å². The first-order valence-electron chi connectivity index (χ1n) is 7.07. The minimum Gasteiger partial charge on any atom is -0.466 e. The fourth-order valence-corrected chi connectivity index (χ4v) is 2.03. The van der Waals surface area contributed by atoms with E-state index in [1.807, 2.05) is 27.7 Å². The molecule has 0 N–H and O–H groups in total. The molecule has 118 valence electrons. The third-order valence-corrected chi connectivity index (χ3v) is 4.15. The van der Waals surface area contributed by atoms with Crippen molar-refractivity contribution in [1.82, 2.24) is 0 Å². The van der Waals surface area contributed by atoms with Gasteiger partial charge < -0.3 is 14.0 Å². The SMILES string of the molecule is COC(=O)C=Cc1ccc(B2OC(C)(C)C(C)(C)O2)cc1F. The number of esters is 1. The lowest BCUT2D eigenvalue weighted by Crippen LogP contribution is -2.41. The van der Waals surface area contributed by atoms with E-state index in [1.54, 1.807) is 12.1 Å². The number of hydrogen-bond acceptors (Lipinski definition) is 4. The Kier molecular flexibility index (Phi) is 4.45. The third-order valence-electron chi connectivity index (χ3n) is 4.15. The lowest BCUT2D eigenvalue weighted by molar-refractivity contribution is -0.134. The van der Waals surface area contributed by atoms with Gasteiger partial charge in [-0.2, -0.15) is 0 Å². The molecule has 1 heterocycles. The molecule has 1 aliphatic heterocycles. The molecule has 0 amide bonds. The van der Waals surface area contributed by atoms with Crippen molar-refractivity contribution in [2.75, 3.05) is 7.11 Å². The molecule has 2 rings (SSSR count). The number of rotatable bonds is 3. The Morgan fingerprint density at radius 1 is 1.23 bits per heavy atom. The molecule has 0 radical (unpaired) electrons. The molecular formula is C16H20BFO4. The number of ether oxygens (including phenoxy) is 1. The molecule has 0 aliphatic carbocycles. The molecule has 6 heteroatoms. The maximum Gasteiger partial charge on any atom is 0.494 e. The van der Waals surface area contributed by atoms with Gasteiger partial charge in [0.05, 0.1) is 18.3 Å². The Bertz CT molecular complexity index is 594. The first-order valence-corrected chi connectivity index (χ1v) is 7.07. The molecule has 0 bridgehead atoms. The van der Waals surface area contributed by atoms with Gasteiger partial charge in [-0.15, -0.1) is 0 Å². The largest absolute Gasteiger partial charge is 0.494 e. The van der Waals surface area contributed by atoms with Crippen LogP contribution in [0.2, 0.25) is 0 Å². The zero-order chi connectivity index (χ0) is 16.5. The van der Waals surface area contributed by atoms with Crippen LogP contribution in [0.1, 0.15) is 33.3 Å². The van der Waals surface area contributed by atoms with Gasteiger partial charge in [-0.1, -0.05) is 12.1 Å². The van der Waals surface area contributed by atoms with E-state index in [-0.39, 0.29) is 0 Å². The normalized spacial score (nSPS) is 19.6. The summed E-state index contributed by atoms with van der Waals surface area (Å²) in [6.07, 6.45) is 2.54. The van der Waals surface area contributed by atoms with Gasteiger partial charge in [-0.05, 0) is 45.3 Å². The van der Waals surface area contributed by atoms with Crippen LogP contribution in [0.3, 0.4) is 0 Å². The molecule has 1 fully saturated rings. The van der Waals surface area contributed by atoms with E-state index in [4.69, 9.17) is 9.31 Å². The highest BCUT2D eigenvalue weighted by Crippen LogP contribution is 2.36. The number of carbonyl (C=O) groups is 1. The van der Waals surface area contributed by atoms with Gasteiger partial charge in [0.25, 0.3) is 0 Å². The molecule has 1 aliphatic rings. The predicted molar refractivity (Wildman–Crippen MR) is 83.2 cm³/mol. The lowest BCUT2D eigenvalue weighted by atomic mass is 9.78. The number of carbonyl (C=O) groups excluding carboxylic acids is 1. The van der Waals surface area contributed by atoms with E-state index in [0.717, 1.165) is 0 Å². The van der Waals surface area contributed by atoms with Crippen LogP contribution >= 0.6 is 0 Å². The van der Waals surface area contributed by atoms with Crippen molar-refractivity contribution < 1.29 is 23.2 Å². The summed E-state index contributed by atoms with van der Waals surface area (Å²) in [7, 11) is 0.655. The molecule has 0 atom stereocenters. The molecule has 4 nitrogen and oxygen atoms in total. The van der Waals surface area contributed by atoms with Gasteiger partial charge in [0.15, 0.2) is 0 Å². The van der Waals surface area contributed by atoms with Crippen LogP contribution in [0, 0.1) is 5.82 Å². The smallest absolute Gasteiger partial charge is 0.466 e. The van der Waals surface area contributed by atoms with E-state index in [9.17, 15) is 9.18 Å². The number of halogens is 1. The summed E-state index contributed by atoms with van der Waals surface area (Å²) in [6, 6.07) is 4.66. The van der Waals surface area contributed by atoms with Crippen molar-refractivity contribution in [2.24, 2.45) is 0 Å². The van der Waals surface area contributed by atoms with Crippen molar-refractivity contribution >= 4 is 24.6 Å². The molecule has 0 saturated carbocycles. The van der Waals surface area contributed by atoms with Crippen molar-refractivity contribution in [2.45, 2.75) is 38.9 Å². The highest BCUT2D eigenvalue weighted by molar-refractivity contribution is 6.62. The average Bonchev–Trinajstić information content (AvgIpc) is 2.65. The number of methoxy groups -OCH3 is 1. The summed E-state index contributed by atoms with van der Waals surface area (Å²) in [5, 5.41) is 0. The lowest BCUT2D eigenvalue weighted by Gasteiger charge is -2.32. The van der Waals surface area contributed by atoms with E-state index in [0.29, 0.717) is 11.0 Å². The third kappa shape index (κ3) is 3.23. The molecule has 0 aromatic heterocycles. The summed E-state index contributed by atoms with van der Waals surface area (Å²) < 4.78 is 30.4. The van der Waals surface area contributed by atoms with E-state index < -0.39 is 30.1 Å². The first-order chi connectivity index (χ1) is 10.2. The van der Waals surface area contributed by atoms with Gasteiger partial charge in [-0.3, -0.25) is 0 Å². The van der Waals surface area contributed by atoms with Crippen molar-refractivity contribution in [3.8, 4) is 0 Å². The van der Waals surface area contributed by atoms with Gasteiger partial charge in [0.2, 0.25) is 0 Å². The van der Waals surface area contributed by atoms with Crippen molar-refractivity contribution in [1.29, 1.82) is 0 Å². The second-order valence-corrected chi connectivity index (χ2v) is 6.23. The predicted octanol–water partition coefficient (Wildman–Crippen LogP) is 2.31. The van der Waals surface area contributed by atoms with Crippen LogP contribution in [0.4, 0.5) is 4.39 Å². The van der Waals surface area contributed by atoms with Crippen LogP contribution in [-0.2, 0) is 18.8 Å². The van der Waals surface area contributed by atoms with E-state index in [1.165, 1.54) is 25.3 Å². The van der Waals surface area contributed by atoms with E-state index >= 15 is 0 Å². The van der Waals surface area contributed by atoms with Crippen LogP contribution in [0.15, 0.2) is 24.3 Å². The monoisotopic (exact) mass is 306 g/mol. The van der Waals surface area contributed by atoms with Crippen LogP contribution in [0.5, 0.6) is 0 Å². The Hall–Kier alpha value is -1.66. The molecule has 1 saturated heterocycles. The maximum absolute atomic E-state index is 14.1. The minimum absolute atomic E-state index is 0.297. The maximum atomic E-state index is 14.1. The van der Waals surface area contributed by atoms with Gasteiger partial charge in [0, 0.05) is 11.6 Å². The standard InChI is InChI=1S/C16H20BFO4/c1-15(2)16(3,4)22-17(21-15)12-8-6-11(13(18)10-12)7-9-14(19)20-5/h6-10H,1-5H3. The van der Waals surface area contributed by atoms with Crippen LogP contribution < -0.4 is 5.46 Å². The second kappa shape index (κ2) is 5.86.